The Morgan fingerprint density at radius 2 is 2.40 bits per heavy atom. The summed E-state index contributed by atoms with van der Waals surface area (Å²) in [5.41, 5.74) is 0.177. The second-order valence-corrected chi connectivity index (χ2v) is 4.12. The van der Waals surface area contributed by atoms with Gasteiger partial charge in [0, 0.05) is 5.92 Å². The molecule has 1 aromatic rings. The molecule has 2 bridgehead atoms. The lowest BCUT2D eigenvalue weighted by Crippen LogP contribution is -2.16. The fourth-order valence-corrected chi connectivity index (χ4v) is 2.59. The van der Waals surface area contributed by atoms with Crippen molar-refractivity contribution in [2.45, 2.75) is 37.4 Å². The Balaban J connectivity index is 1.93. The molecular formula is C10H11NO4. The second kappa shape index (κ2) is 3.06. The molecule has 1 N–H and O–H groups in total. The summed E-state index contributed by atoms with van der Waals surface area (Å²) in [6, 6.07) is 0. The van der Waals surface area contributed by atoms with E-state index < -0.39 is 5.97 Å². The number of carboxylic acid groups (broad SMARTS) is 1. The van der Waals surface area contributed by atoms with Gasteiger partial charge in [-0.15, -0.1) is 0 Å². The molecular weight excluding hydrogens is 198 g/mol. The summed E-state index contributed by atoms with van der Waals surface area (Å²) in [7, 11) is 0. The van der Waals surface area contributed by atoms with Crippen LogP contribution >= 0.6 is 0 Å². The third-order valence-electron chi connectivity index (χ3n) is 3.27. The number of hydrogen-bond donors (Lipinski definition) is 1. The van der Waals surface area contributed by atoms with Crippen LogP contribution in [-0.4, -0.2) is 28.4 Å². The fraction of sp³-hybridized carbons (Fsp3) is 0.600. The minimum Gasteiger partial charge on any atom is -0.478 e. The highest BCUT2D eigenvalue weighted by Gasteiger charge is 2.44. The van der Waals surface area contributed by atoms with E-state index in [0.29, 0.717) is 5.76 Å². The van der Waals surface area contributed by atoms with Gasteiger partial charge >= 0.3 is 5.97 Å². The summed E-state index contributed by atoms with van der Waals surface area (Å²) in [6.07, 6.45) is 4.61. The minimum atomic E-state index is -0.978. The van der Waals surface area contributed by atoms with Gasteiger partial charge in [-0.3, -0.25) is 0 Å². The molecule has 2 fully saturated rings. The Morgan fingerprint density at radius 3 is 3.00 bits per heavy atom. The Hall–Kier alpha value is -1.36. The zero-order valence-corrected chi connectivity index (χ0v) is 8.05. The third kappa shape index (κ3) is 1.26. The molecule has 2 saturated heterocycles. The quantitative estimate of drug-likeness (QED) is 0.797. The number of carboxylic acids is 1. The molecule has 1 aromatic heterocycles. The van der Waals surface area contributed by atoms with Crippen molar-refractivity contribution in [1.29, 1.82) is 0 Å². The predicted molar refractivity (Wildman–Crippen MR) is 48.7 cm³/mol. The summed E-state index contributed by atoms with van der Waals surface area (Å²) >= 11 is 0. The van der Waals surface area contributed by atoms with Crippen molar-refractivity contribution in [1.82, 2.24) is 5.16 Å². The standard InChI is InChI=1S/C10H11NO4/c12-10(13)7-4-11-15-9(7)6-3-5-1-2-8(6)14-5/h4-6,8H,1-3H2,(H,12,13). The van der Waals surface area contributed by atoms with Crippen LogP contribution < -0.4 is 0 Å². The van der Waals surface area contributed by atoms with E-state index in [1.54, 1.807) is 0 Å². The molecule has 80 valence electrons. The summed E-state index contributed by atoms with van der Waals surface area (Å²) in [4.78, 5) is 10.9. The lowest BCUT2D eigenvalue weighted by molar-refractivity contribution is 0.0691. The van der Waals surface area contributed by atoms with Crippen LogP contribution in [0.5, 0.6) is 0 Å². The van der Waals surface area contributed by atoms with Gasteiger partial charge in [0.1, 0.15) is 5.56 Å². The van der Waals surface area contributed by atoms with Gasteiger partial charge in [-0.1, -0.05) is 5.16 Å². The molecule has 2 aliphatic heterocycles. The zero-order chi connectivity index (χ0) is 10.4. The first kappa shape index (κ1) is 8.91. The van der Waals surface area contributed by atoms with E-state index in [9.17, 15) is 4.79 Å². The van der Waals surface area contributed by atoms with Crippen LogP contribution in [0, 0.1) is 0 Å². The van der Waals surface area contributed by atoms with Crippen molar-refractivity contribution >= 4 is 5.97 Å². The Morgan fingerprint density at radius 1 is 1.53 bits per heavy atom. The number of fused-ring (bicyclic) bond motifs is 2. The molecule has 5 nitrogen and oxygen atoms in total. The first-order chi connectivity index (χ1) is 7.25. The average Bonchev–Trinajstić information content (AvgIpc) is 2.92. The molecule has 2 aliphatic rings. The van der Waals surface area contributed by atoms with Gasteiger partial charge in [0.05, 0.1) is 18.4 Å². The normalized spacial score (nSPS) is 33.5. The van der Waals surface area contributed by atoms with Crippen LogP contribution in [0.2, 0.25) is 0 Å². The van der Waals surface area contributed by atoms with Crippen LogP contribution in [0.15, 0.2) is 10.7 Å². The zero-order valence-electron chi connectivity index (χ0n) is 8.05. The van der Waals surface area contributed by atoms with Gasteiger partial charge in [-0.25, -0.2) is 4.79 Å². The van der Waals surface area contributed by atoms with E-state index in [0.717, 1.165) is 19.3 Å². The molecule has 0 radical (unpaired) electrons. The molecule has 3 heterocycles. The van der Waals surface area contributed by atoms with Crippen molar-refractivity contribution < 1.29 is 19.2 Å². The summed E-state index contributed by atoms with van der Waals surface area (Å²) in [5.74, 6) is -0.416. The Bertz CT molecular complexity index is 400. The van der Waals surface area contributed by atoms with Gasteiger partial charge < -0.3 is 14.4 Å². The highest BCUT2D eigenvalue weighted by molar-refractivity contribution is 5.88. The predicted octanol–water partition coefficient (Wildman–Crippen LogP) is 1.41. The molecule has 3 unspecified atom stereocenters. The van der Waals surface area contributed by atoms with Crippen LogP contribution in [-0.2, 0) is 4.74 Å². The molecule has 15 heavy (non-hydrogen) atoms. The first-order valence-corrected chi connectivity index (χ1v) is 5.09. The van der Waals surface area contributed by atoms with Gasteiger partial charge in [0.25, 0.3) is 0 Å². The highest BCUT2D eigenvalue weighted by atomic mass is 16.5. The SMILES string of the molecule is O=C(O)c1cnoc1C1CC2CCC1O2. The summed E-state index contributed by atoms with van der Waals surface area (Å²) < 4.78 is 10.7. The Kier molecular flexibility index (Phi) is 1.82. The lowest BCUT2D eigenvalue weighted by Gasteiger charge is -2.15. The van der Waals surface area contributed by atoms with Gasteiger partial charge in [-0.05, 0) is 19.3 Å². The maximum atomic E-state index is 10.9. The number of hydrogen-bond acceptors (Lipinski definition) is 4. The van der Waals surface area contributed by atoms with E-state index in [4.69, 9.17) is 14.4 Å². The van der Waals surface area contributed by atoms with E-state index in [-0.39, 0.29) is 23.7 Å². The maximum Gasteiger partial charge on any atom is 0.340 e. The van der Waals surface area contributed by atoms with Crippen molar-refractivity contribution in [3.05, 3.63) is 17.5 Å². The van der Waals surface area contributed by atoms with E-state index in [1.807, 2.05) is 0 Å². The third-order valence-corrected chi connectivity index (χ3v) is 3.27. The highest BCUT2D eigenvalue weighted by Crippen LogP contribution is 2.45. The van der Waals surface area contributed by atoms with E-state index in [1.165, 1.54) is 6.20 Å². The van der Waals surface area contributed by atoms with Gasteiger partial charge in [0.15, 0.2) is 5.76 Å². The number of aromatic nitrogens is 1. The van der Waals surface area contributed by atoms with Crippen LogP contribution in [0.25, 0.3) is 0 Å². The Labute approximate surface area is 86.0 Å². The maximum absolute atomic E-state index is 10.9. The average molecular weight is 209 g/mol. The number of rotatable bonds is 2. The number of aromatic carboxylic acids is 1. The van der Waals surface area contributed by atoms with Crippen LogP contribution in [0.4, 0.5) is 0 Å². The lowest BCUT2D eigenvalue weighted by atomic mass is 9.86. The smallest absolute Gasteiger partial charge is 0.340 e. The molecule has 0 amide bonds. The topological polar surface area (TPSA) is 72.6 Å². The molecule has 0 spiro atoms. The molecule has 0 aliphatic carbocycles. The molecule has 5 heteroatoms. The summed E-state index contributed by atoms with van der Waals surface area (Å²) in [6.45, 7) is 0. The molecule has 0 aromatic carbocycles. The number of ether oxygens (including phenoxy) is 1. The fourth-order valence-electron chi connectivity index (χ4n) is 2.59. The monoisotopic (exact) mass is 209 g/mol. The molecule has 0 saturated carbocycles. The molecule has 3 atom stereocenters. The molecule has 3 rings (SSSR count). The van der Waals surface area contributed by atoms with Crippen LogP contribution in [0.3, 0.4) is 0 Å². The van der Waals surface area contributed by atoms with E-state index in [2.05, 4.69) is 5.16 Å². The van der Waals surface area contributed by atoms with Gasteiger partial charge in [0.2, 0.25) is 0 Å². The van der Waals surface area contributed by atoms with Crippen molar-refractivity contribution in [3.8, 4) is 0 Å². The number of nitrogens with zero attached hydrogens (tertiary/aromatic N) is 1. The van der Waals surface area contributed by atoms with Crippen molar-refractivity contribution in [2.75, 3.05) is 0 Å². The van der Waals surface area contributed by atoms with Crippen molar-refractivity contribution in [3.63, 3.8) is 0 Å². The number of carbonyl (C=O) groups is 1. The van der Waals surface area contributed by atoms with Gasteiger partial charge in [-0.2, -0.15) is 0 Å². The minimum absolute atomic E-state index is 0.0809. The van der Waals surface area contributed by atoms with Crippen molar-refractivity contribution in [2.24, 2.45) is 0 Å². The first-order valence-electron chi connectivity index (χ1n) is 5.09. The van der Waals surface area contributed by atoms with E-state index >= 15 is 0 Å². The summed E-state index contributed by atoms with van der Waals surface area (Å²) in [5, 5.41) is 12.5. The van der Waals surface area contributed by atoms with Crippen LogP contribution in [0.1, 0.15) is 41.3 Å². The second-order valence-electron chi connectivity index (χ2n) is 4.12. The largest absolute Gasteiger partial charge is 0.478 e.